The number of nitrogens with one attached hydrogen (secondary N) is 1. The van der Waals surface area contributed by atoms with Crippen molar-refractivity contribution in [3.05, 3.63) is 58.7 Å². The third-order valence-corrected chi connectivity index (χ3v) is 5.68. The predicted octanol–water partition coefficient (Wildman–Crippen LogP) is 4.63. The van der Waals surface area contributed by atoms with E-state index >= 15 is 0 Å². The Morgan fingerprint density at radius 1 is 1.06 bits per heavy atom. The molecule has 0 aliphatic carbocycles. The Balaban J connectivity index is 1.76. The number of hydrogen-bond acceptors (Lipinski definition) is 5. The maximum absolute atomic E-state index is 12.8. The number of carbonyl (C=O) groups is 1. The van der Waals surface area contributed by atoms with Crippen LogP contribution in [0.5, 0.6) is 5.75 Å². The van der Waals surface area contributed by atoms with Crippen LogP contribution in [0.15, 0.2) is 41.5 Å². The average molecular weight is 424 g/mol. The van der Waals surface area contributed by atoms with Crippen molar-refractivity contribution in [2.45, 2.75) is 46.5 Å². The molecule has 0 saturated carbocycles. The Bertz CT molecular complexity index is 943. The van der Waals surface area contributed by atoms with Crippen LogP contribution in [-0.4, -0.2) is 43.0 Å². The van der Waals surface area contributed by atoms with Crippen LogP contribution in [0.25, 0.3) is 0 Å². The van der Waals surface area contributed by atoms with Crippen LogP contribution in [-0.2, 0) is 4.74 Å². The number of carbonyl (C=O) groups excluding carboxylic acids is 1. The number of hydrazone groups is 1. The lowest BCUT2D eigenvalue weighted by Crippen LogP contribution is -2.36. The Labute approximate surface area is 184 Å². The van der Waals surface area contributed by atoms with Gasteiger partial charge in [0.2, 0.25) is 0 Å². The smallest absolute Gasteiger partial charge is 0.275 e. The van der Waals surface area contributed by atoms with Crippen LogP contribution < -0.4 is 10.3 Å². The third kappa shape index (κ3) is 5.44. The Morgan fingerprint density at radius 3 is 2.29 bits per heavy atom. The summed E-state index contributed by atoms with van der Waals surface area (Å²) < 4.78 is 5.40. The molecule has 1 aliphatic heterocycles. The summed E-state index contributed by atoms with van der Waals surface area (Å²) in [5.41, 5.74) is 7.45. The summed E-state index contributed by atoms with van der Waals surface area (Å²) in [6.07, 6.45) is 0. The van der Waals surface area contributed by atoms with Gasteiger partial charge in [0.25, 0.3) is 5.91 Å². The molecule has 1 aliphatic rings. The number of morpholine rings is 1. The van der Waals surface area contributed by atoms with Gasteiger partial charge >= 0.3 is 0 Å². The second-order valence-corrected chi connectivity index (χ2v) is 8.60. The second-order valence-electron chi connectivity index (χ2n) is 8.60. The normalized spacial score (nSPS) is 14.9. The lowest BCUT2D eigenvalue weighted by atomic mass is 9.92. The zero-order chi connectivity index (χ0) is 22.5. The SMILES string of the molecule is C/C(=N/NC(=O)c1cc(C(C)C)cc(C(C)C)c1O)c1ccc(N2CCOCC2)cc1. The monoisotopic (exact) mass is 423 g/mol. The molecule has 3 rings (SSSR count). The first kappa shape index (κ1) is 22.8. The van der Waals surface area contributed by atoms with E-state index in [1.807, 2.05) is 39.0 Å². The van der Waals surface area contributed by atoms with Crippen molar-refractivity contribution in [1.29, 1.82) is 0 Å². The van der Waals surface area contributed by atoms with Crippen molar-refractivity contribution in [2.75, 3.05) is 31.2 Å². The number of nitrogens with zero attached hydrogens (tertiary/aromatic N) is 2. The van der Waals surface area contributed by atoms with E-state index in [4.69, 9.17) is 4.74 Å². The fraction of sp³-hybridized carbons (Fsp3) is 0.440. The van der Waals surface area contributed by atoms with Crippen LogP contribution in [0.2, 0.25) is 0 Å². The van der Waals surface area contributed by atoms with Crippen molar-refractivity contribution in [1.82, 2.24) is 5.43 Å². The van der Waals surface area contributed by atoms with Crippen LogP contribution in [0.3, 0.4) is 0 Å². The fourth-order valence-corrected chi connectivity index (χ4v) is 3.62. The van der Waals surface area contributed by atoms with Gasteiger partial charge in [-0.2, -0.15) is 5.10 Å². The van der Waals surface area contributed by atoms with Gasteiger partial charge in [0.15, 0.2) is 0 Å². The standard InChI is InChI=1S/C25H33N3O3/c1-16(2)20-14-22(17(3)4)24(29)23(15-20)25(30)27-26-18(5)19-6-8-21(9-7-19)28-10-12-31-13-11-28/h6-9,14-17,29H,10-13H2,1-5H3,(H,27,30)/b26-18-. The van der Waals surface area contributed by atoms with E-state index in [0.717, 1.165) is 48.7 Å². The molecule has 0 unspecified atom stereocenters. The third-order valence-electron chi connectivity index (χ3n) is 5.68. The average Bonchev–Trinajstić information content (AvgIpc) is 2.77. The summed E-state index contributed by atoms with van der Waals surface area (Å²) in [7, 11) is 0. The van der Waals surface area contributed by atoms with E-state index in [0.29, 0.717) is 5.71 Å². The van der Waals surface area contributed by atoms with E-state index in [2.05, 4.69) is 41.4 Å². The van der Waals surface area contributed by atoms with Crippen molar-refractivity contribution >= 4 is 17.3 Å². The molecule has 1 amide bonds. The highest BCUT2D eigenvalue weighted by molar-refractivity contribution is 6.02. The molecule has 0 atom stereocenters. The molecule has 0 aromatic heterocycles. The van der Waals surface area contributed by atoms with Crippen molar-refractivity contribution < 1.29 is 14.6 Å². The van der Waals surface area contributed by atoms with E-state index in [9.17, 15) is 9.90 Å². The van der Waals surface area contributed by atoms with Gasteiger partial charge in [-0.15, -0.1) is 0 Å². The van der Waals surface area contributed by atoms with Gasteiger partial charge in [0.05, 0.1) is 24.5 Å². The molecular formula is C25H33N3O3. The van der Waals surface area contributed by atoms with Gasteiger partial charge in [-0.05, 0) is 53.6 Å². The minimum Gasteiger partial charge on any atom is -0.507 e. The summed E-state index contributed by atoms with van der Waals surface area (Å²) in [6, 6.07) is 11.9. The lowest BCUT2D eigenvalue weighted by molar-refractivity contribution is 0.0952. The number of rotatable bonds is 6. The molecule has 0 spiro atoms. The summed E-state index contributed by atoms with van der Waals surface area (Å²) in [5.74, 6) is -0.0221. The summed E-state index contributed by atoms with van der Waals surface area (Å²) in [6.45, 7) is 13.3. The van der Waals surface area contributed by atoms with Gasteiger partial charge in [0, 0.05) is 18.8 Å². The molecule has 31 heavy (non-hydrogen) atoms. The second kappa shape index (κ2) is 9.96. The largest absolute Gasteiger partial charge is 0.507 e. The molecule has 0 radical (unpaired) electrons. The molecule has 1 saturated heterocycles. The highest BCUT2D eigenvalue weighted by Gasteiger charge is 2.19. The van der Waals surface area contributed by atoms with Crippen molar-refractivity contribution in [3.63, 3.8) is 0 Å². The van der Waals surface area contributed by atoms with E-state index < -0.39 is 5.91 Å². The zero-order valence-electron chi connectivity index (χ0n) is 19.1. The number of anilines is 1. The molecule has 6 heteroatoms. The van der Waals surface area contributed by atoms with E-state index in [1.54, 1.807) is 6.07 Å². The number of amides is 1. The highest BCUT2D eigenvalue weighted by Crippen LogP contribution is 2.33. The molecule has 0 bridgehead atoms. The van der Waals surface area contributed by atoms with Gasteiger partial charge < -0.3 is 14.7 Å². The van der Waals surface area contributed by atoms with Gasteiger partial charge in [-0.25, -0.2) is 5.43 Å². The number of hydrogen-bond donors (Lipinski definition) is 2. The molecule has 6 nitrogen and oxygen atoms in total. The lowest BCUT2D eigenvalue weighted by Gasteiger charge is -2.28. The number of phenolic OH excluding ortho intramolecular Hbond substituents is 1. The predicted molar refractivity (Wildman–Crippen MR) is 125 cm³/mol. The van der Waals surface area contributed by atoms with Crippen molar-refractivity contribution in [2.24, 2.45) is 5.10 Å². The van der Waals surface area contributed by atoms with E-state index in [-0.39, 0.29) is 23.1 Å². The van der Waals surface area contributed by atoms with Crippen molar-refractivity contribution in [3.8, 4) is 5.75 Å². The number of ether oxygens (including phenoxy) is 1. The first-order chi connectivity index (χ1) is 14.8. The topological polar surface area (TPSA) is 74.2 Å². The Morgan fingerprint density at radius 2 is 1.71 bits per heavy atom. The minimum absolute atomic E-state index is 0.0274. The quantitative estimate of drug-likeness (QED) is 0.525. The minimum atomic E-state index is -0.411. The first-order valence-electron chi connectivity index (χ1n) is 10.9. The molecule has 2 N–H and O–H groups in total. The summed E-state index contributed by atoms with van der Waals surface area (Å²) in [5, 5.41) is 14.9. The van der Waals surface area contributed by atoms with Crippen LogP contribution in [0, 0.1) is 0 Å². The van der Waals surface area contributed by atoms with Gasteiger partial charge in [-0.1, -0.05) is 45.9 Å². The Hall–Kier alpha value is -2.86. The maximum Gasteiger partial charge on any atom is 0.275 e. The molecular weight excluding hydrogens is 390 g/mol. The number of benzene rings is 2. The molecule has 166 valence electrons. The fourth-order valence-electron chi connectivity index (χ4n) is 3.62. The highest BCUT2D eigenvalue weighted by atomic mass is 16.5. The van der Waals surface area contributed by atoms with Crippen LogP contribution >= 0.6 is 0 Å². The zero-order valence-corrected chi connectivity index (χ0v) is 19.1. The van der Waals surface area contributed by atoms with Gasteiger partial charge in [0.1, 0.15) is 5.75 Å². The molecule has 1 heterocycles. The van der Waals surface area contributed by atoms with Crippen LogP contribution in [0.4, 0.5) is 5.69 Å². The Kier molecular flexibility index (Phi) is 7.33. The molecule has 1 fully saturated rings. The van der Waals surface area contributed by atoms with Crippen LogP contribution in [0.1, 0.15) is 73.5 Å². The van der Waals surface area contributed by atoms with E-state index in [1.165, 1.54) is 0 Å². The first-order valence-corrected chi connectivity index (χ1v) is 10.9. The number of aromatic hydroxyl groups is 1. The number of phenols is 1. The molecule has 2 aromatic rings. The van der Waals surface area contributed by atoms with Gasteiger partial charge in [-0.3, -0.25) is 4.79 Å². The maximum atomic E-state index is 12.8. The summed E-state index contributed by atoms with van der Waals surface area (Å²) >= 11 is 0. The summed E-state index contributed by atoms with van der Waals surface area (Å²) in [4.78, 5) is 15.1. The molecule has 2 aromatic carbocycles.